The molecule has 2 aliphatic rings. The van der Waals surface area contributed by atoms with E-state index in [-0.39, 0.29) is 17.4 Å². The summed E-state index contributed by atoms with van der Waals surface area (Å²) in [6.45, 7) is 1.62. The molecule has 1 amide bonds. The molecule has 2 fully saturated rings. The Morgan fingerprint density at radius 3 is 2.57 bits per heavy atom. The molecule has 1 unspecified atom stereocenters. The molecule has 1 heterocycles. The van der Waals surface area contributed by atoms with Gasteiger partial charge in [0.1, 0.15) is 0 Å². The summed E-state index contributed by atoms with van der Waals surface area (Å²) >= 11 is 0. The van der Waals surface area contributed by atoms with Gasteiger partial charge in [-0.2, -0.15) is 0 Å². The lowest BCUT2D eigenvalue weighted by molar-refractivity contribution is -0.138. The molecule has 0 spiro atoms. The third kappa shape index (κ3) is 4.40. The van der Waals surface area contributed by atoms with Crippen LogP contribution in [0.15, 0.2) is 0 Å². The number of nitrogens with one attached hydrogen (secondary N) is 1. The molecule has 3 N–H and O–H groups in total. The van der Waals surface area contributed by atoms with Gasteiger partial charge in [-0.15, -0.1) is 0 Å². The zero-order valence-electron chi connectivity index (χ0n) is 12.8. The quantitative estimate of drug-likeness (QED) is 0.743. The Balaban J connectivity index is 1.95. The van der Waals surface area contributed by atoms with Gasteiger partial charge < -0.3 is 10.6 Å². The Hall–Kier alpha value is -0.660. The van der Waals surface area contributed by atoms with E-state index in [1.54, 1.807) is 0 Å². The van der Waals surface area contributed by atoms with Crippen molar-refractivity contribution in [1.29, 1.82) is 0 Å². The molecule has 7 heteroatoms. The van der Waals surface area contributed by atoms with Gasteiger partial charge in [0.2, 0.25) is 15.9 Å². The van der Waals surface area contributed by atoms with Crippen LogP contribution in [-0.2, 0) is 14.8 Å². The normalized spacial score (nSPS) is 25.4. The molecule has 122 valence electrons. The monoisotopic (exact) mass is 317 g/mol. The Bertz CT molecular complexity index is 468. The van der Waals surface area contributed by atoms with Crippen LogP contribution in [0.1, 0.15) is 44.9 Å². The number of piperidine rings is 1. The number of nitrogens with zero attached hydrogens (tertiary/aromatic N) is 1. The first-order valence-corrected chi connectivity index (χ1v) is 9.69. The predicted octanol–water partition coefficient (Wildman–Crippen LogP) is 0.436. The van der Waals surface area contributed by atoms with E-state index in [0.717, 1.165) is 51.3 Å². The van der Waals surface area contributed by atoms with E-state index in [0.29, 0.717) is 19.5 Å². The molecule has 0 aromatic carbocycles. The largest absolute Gasteiger partial charge is 0.338 e. The van der Waals surface area contributed by atoms with E-state index in [1.807, 2.05) is 4.90 Å². The van der Waals surface area contributed by atoms with Crippen LogP contribution in [0, 0.1) is 5.41 Å². The van der Waals surface area contributed by atoms with Crippen molar-refractivity contribution in [3.8, 4) is 0 Å². The summed E-state index contributed by atoms with van der Waals surface area (Å²) in [6.07, 6.45) is 7.80. The highest BCUT2D eigenvalue weighted by Crippen LogP contribution is 2.43. The second-order valence-electron chi connectivity index (χ2n) is 6.59. The number of nitrogens with two attached hydrogens (primary N) is 1. The minimum Gasteiger partial charge on any atom is -0.338 e. The lowest BCUT2D eigenvalue weighted by Crippen LogP contribution is -2.51. The molecule has 1 saturated carbocycles. The molecule has 2 rings (SSSR count). The summed E-state index contributed by atoms with van der Waals surface area (Å²) < 4.78 is 25.0. The van der Waals surface area contributed by atoms with Crippen LogP contribution in [-0.4, -0.2) is 51.2 Å². The van der Waals surface area contributed by atoms with Gasteiger partial charge in [-0.3, -0.25) is 4.79 Å². The van der Waals surface area contributed by atoms with Gasteiger partial charge in [-0.05, 0) is 44.1 Å². The molecule has 0 aromatic rings. The summed E-state index contributed by atoms with van der Waals surface area (Å²) in [5, 5.41) is 0. The first kappa shape index (κ1) is 16.7. The Labute approximate surface area is 127 Å². The second-order valence-corrected chi connectivity index (χ2v) is 8.42. The van der Waals surface area contributed by atoms with E-state index in [9.17, 15) is 13.2 Å². The molecular formula is C14H27N3O3S. The van der Waals surface area contributed by atoms with Crippen LogP contribution in [0.25, 0.3) is 0 Å². The fraction of sp³-hybridized carbons (Fsp3) is 0.929. The van der Waals surface area contributed by atoms with E-state index in [2.05, 4.69) is 4.72 Å². The zero-order valence-corrected chi connectivity index (χ0v) is 13.6. The van der Waals surface area contributed by atoms with Gasteiger partial charge in [0.05, 0.1) is 6.26 Å². The summed E-state index contributed by atoms with van der Waals surface area (Å²) in [5.74, 6) is 0.139. The second kappa shape index (κ2) is 6.62. The lowest BCUT2D eigenvalue weighted by atomic mass is 9.66. The van der Waals surface area contributed by atoms with Crippen LogP contribution in [0.5, 0.6) is 0 Å². The highest BCUT2D eigenvalue weighted by Gasteiger charge is 2.40. The van der Waals surface area contributed by atoms with E-state index >= 15 is 0 Å². The van der Waals surface area contributed by atoms with Crippen LogP contribution >= 0.6 is 0 Å². The number of amides is 1. The average molecular weight is 317 g/mol. The van der Waals surface area contributed by atoms with Crippen molar-refractivity contribution in [2.75, 3.05) is 25.9 Å². The molecule has 1 aliphatic carbocycles. The molecule has 0 radical (unpaired) electrons. The van der Waals surface area contributed by atoms with Crippen LogP contribution in [0.4, 0.5) is 0 Å². The van der Waals surface area contributed by atoms with E-state index < -0.39 is 10.0 Å². The van der Waals surface area contributed by atoms with Crippen molar-refractivity contribution in [3.05, 3.63) is 0 Å². The van der Waals surface area contributed by atoms with E-state index in [4.69, 9.17) is 5.73 Å². The maximum Gasteiger partial charge on any atom is 0.223 e. The molecular weight excluding hydrogens is 290 g/mol. The van der Waals surface area contributed by atoms with Gasteiger partial charge in [-0.25, -0.2) is 13.1 Å². The molecule has 1 atom stereocenters. The van der Waals surface area contributed by atoms with Crippen molar-refractivity contribution in [1.82, 2.24) is 9.62 Å². The first-order valence-electron chi connectivity index (χ1n) is 7.79. The molecule has 1 aliphatic heterocycles. The van der Waals surface area contributed by atoms with Crippen LogP contribution in [0.2, 0.25) is 0 Å². The maximum atomic E-state index is 12.6. The minimum atomic E-state index is -3.21. The average Bonchev–Trinajstić information content (AvgIpc) is 2.40. The fourth-order valence-corrected chi connectivity index (χ4v) is 3.84. The number of carbonyl (C=O) groups is 1. The van der Waals surface area contributed by atoms with Crippen molar-refractivity contribution in [2.24, 2.45) is 11.1 Å². The Morgan fingerprint density at radius 2 is 2.05 bits per heavy atom. The highest BCUT2D eigenvalue weighted by atomic mass is 32.2. The summed E-state index contributed by atoms with van der Waals surface area (Å²) in [5.41, 5.74) is 5.84. The first-order chi connectivity index (χ1) is 9.85. The Morgan fingerprint density at radius 1 is 1.33 bits per heavy atom. The van der Waals surface area contributed by atoms with Crippen molar-refractivity contribution < 1.29 is 13.2 Å². The lowest BCUT2D eigenvalue weighted by Gasteiger charge is -2.43. The summed E-state index contributed by atoms with van der Waals surface area (Å²) in [7, 11) is -3.21. The number of carbonyl (C=O) groups excluding carboxylic acids is 1. The van der Waals surface area contributed by atoms with Crippen LogP contribution < -0.4 is 10.5 Å². The topological polar surface area (TPSA) is 92.5 Å². The Kier molecular flexibility index (Phi) is 5.27. The van der Waals surface area contributed by atoms with Gasteiger partial charge >= 0.3 is 0 Å². The summed E-state index contributed by atoms with van der Waals surface area (Å²) in [4.78, 5) is 14.5. The predicted molar refractivity (Wildman–Crippen MR) is 82.2 cm³/mol. The van der Waals surface area contributed by atoms with Gasteiger partial charge in [0.15, 0.2) is 0 Å². The molecule has 21 heavy (non-hydrogen) atoms. The smallest absolute Gasteiger partial charge is 0.223 e. The number of rotatable bonds is 6. The number of likely N-dealkylation sites (tertiary alicyclic amines) is 1. The number of sulfonamides is 1. The van der Waals surface area contributed by atoms with Crippen molar-refractivity contribution >= 4 is 15.9 Å². The fourth-order valence-electron chi connectivity index (χ4n) is 3.34. The standard InChI is InChI=1S/C14H27N3O3S/c1-21(19,20)16-10-12-5-2-3-8-17(12)13(18)9-14(11-15)6-4-7-14/h12,16H,2-11,15H2,1H3. The van der Waals surface area contributed by atoms with Crippen LogP contribution in [0.3, 0.4) is 0 Å². The van der Waals surface area contributed by atoms with Crippen molar-refractivity contribution in [3.63, 3.8) is 0 Å². The minimum absolute atomic E-state index is 0.00332. The molecule has 1 saturated heterocycles. The SMILES string of the molecule is CS(=O)(=O)NCC1CCCCN1C(=O)CC1(CN)CCC1. The zero-order chi connectivity index (χ0) is 15.5. The third-order valence-corrected chi connectivity index (χ3v) is 5.59. The molecule has 0 aromatic heterocycles. The maximum absolute atomic E-state index is 12.6. The van der Waals surface area contributed by atoms with Gasteiger partial charge in [0.25, 0.3) is 0 Å². The van der Waals surface area contributed by atoms with Gasteiger partial charge in [-0.1, -0.05) is 6.42 Å². The molecule has 6 nitrogen and oxygen atoms in total. The highest BCUT2D eigenvalue weighted by molar-refractivity contribution is 7.88. The number of hydrogen-bond donors (Lipinski definition) is 2. The molecule has 0 bridgehead atoms. The van der Waals surface area contributed by atoms with E-state index in [1.165, 1.54) is 0 Å². The van der Waals surface area contributed by atoms with Crippen molar-refractivity contribution in [2.45, 2.75) is 51.0 Å². The van der Waals surface area contributed by atoms with Gasteiger partial charge in [0, 0.05) is 25.6 Å². The number of hydrogen-bond acceptors (Lipinski definition) is 4. The summed E-state index contributed by atoms with van der Waals surface area (Å²) in [6, 6.07) is -0.0177. The third-order valence-electron chi connectivity index (χ3n) is 4.90.